The Bertz CT molecular complexity index is 1460. The third-order valence-corrected chi connectivity index (χ3v) is 7.59. The number of alkyl carbamates (subject to hydrolysis) is 1. The van der Waals surface area contributed by atoms with E-state index in [1.54, 1.807) is 74.5 Å². The molecule has 4 N–H and O–H groups in total. The Morgan fingerprint density at radius 1 is 0.955 bits per heavy atom. The molecule has 44 heavy (non-hydrogen) atoms. The minimum atomic E-state index is -1.93. The summed E-state index contributed by atoms with van der Waals surface area (Å²) in [6, 6.07) is 13.0. The standard InChI is InChI=1S/C31H36F2N6O5/c1-30(2,3)31(18-24(40)41,38-29(43)44-19-20-8-5-4-6-9-20)37-27(42)22-10-11-23(26(33)25(22)32)39-16-12-21(13-17-39)36-28-34-14-7-15-35-28/h4-11,14-15,21H,12-13,16-19H2,1-3H3,(H,37,42)(H,38,43)(H,40,41)(H,34,35,36). The molecular formula is C31H36F2N6O5. The van der Waals surface area contributed by atoms with Crippen LogP contribution in [0.4, 0.5) is 25.2 Å². The van der Waals surface area contributed by atoms with Gasteiger partial charge in [0.15, 0.2) is 11.6 Å². The number of benzene rings is 2. The molecular weight excluding hydrogens is 574 g/mol. The van der Waals surface area contributed by atoms with Gasteiger partial charge in [0.2, 0.25) is 5.95 Å². The maximum Gasteiger partial charge on any atom is 0.409 e. The van der Waals surface area contributed by atoms with E-state index >= 15 is 8.78 Å². The lowest BCUT2D eigenvalue weighted by Gasteiger charge is -2.44. The van der Waals surface area contributed by atoms with Gasteiger partial charge >= 0.3 is 12.1 Å². The average molecular weight is 611 g/mol. The van der Waals surface area contributed by atoms with Crippen molar-refractivity contribution in [2.45, 2.75) is 58.3 Å². The predicted octanol–water partition coefficient (Wildman–Crippen LogP) is 4.71. The van der Waals surface area contributed by atoms with Gasteiger partial charge in [0.1, 0.15) is 12.3 Å². The number of aliphatic carboxylic acids is 1. The van der Waals surface area contributed by atoms with Gasteiger partial charge in [-0.15, -0.1) is 0 Å². The average Bonchev–Trinajstić information content (AvgIpc) is 2.98. The van der Waals surface area contributed by atoms with Crippen LogP contribution in [0.5, 0.6) is 0 Å². The van der Waals surface area contributed by atoms with E-state index in [4.69, 9.17) is 4.74 Å². The van der Waals surface area contributed by atoms with Crippen molar-refractivity contribution in [1.82, 2.24) is 20.6 Å². The highest BCUT2D eigenvalue weighted by Crippen LogP contribution is 2.33. The summed E-state index contributed by atoms with van der Waals surface area (Å²) in [6.45, 7) is 5.52. The number of carboxylic acid groups (broad SMARTS) is 1. The maximum absolute atomic E-state index is 15.4. The van der Waals surface area contributed by atoms with Crippen LogP contribution in [0, 0.1) is 17.0 Å². The van der Waals surface area contributed by atoms with Crippen LogP contribution in [-0.2, 0) is 16.1 Å². The smallest absolute Gasteiger partial charge is 0.409 e. The zero-order valence-electron chi connectivity index (χ0n) is 24.8. The van der Waals surface area contributed by atoms with E-state index in [-0.39, 0.29) is 18.3 Å². The minimum absolute atomic E-state index is 0.00342. The Balaban J connectivity index is 1.49. The second kappa shape index (κ2) is 13.7. The van der Waals surface area contributed by atoms with E-state index < -0.39 is 52.7 Å². The number of hydrogen-bond donors (Lipinski definition) is 4. The van der Waals surface area contributed by atoms with Crippen molar-refractivity contribution in [3.8, 4) is 0 Å². The van der Waals surface area contributed by atoms with Gasteiger partial charge in [-0.2, -0.15) is 0 Å². The van der Waals surface area contributed by atoms with Gasteiger partial charge in [0.05, 0.1) is 17.7 Å². The molecule has 1 unspecified atom stereocenters. The van der Waals surface area contributed by atoms with Gasteiger partial charge in [0, 0.05) is 36.9 Å². The van der Waals surface area contributed by atoms with Crippen LogP contribution in [0.25, 0.3) is 0 Å². The van der Waals surface area contributed by atoms with Crippen LogP contribution in [0.1, 0.15) is 56.0 Å². The quantitative estimate of drug-likeness (QED) is 0.240. The minimum Gasteiger partial charge on any atom is -0.481 e. The van der Waals surface area contributed by atoms with Crippen molar-refractivity contribution >= 4 is 29.6 Å². The maximum atomic E-state index is 15.4. The monoisotopic (exact) mass is 610 g/mol. The summed E-state index contributed by atoms with van der Waals surface area (Å²) in [6.07, 6.45) is 2.74. The SMILES string of the molecule is CC(C)(C)C(CC(=O)O)(NC(=O)OCc1ccccc1)NC(=O)c1ccc(N2CCC(Nc3ncccn3)CC2)c(F)c1F. The molecule has 13 heteroatoms. The third kappa shape index (κ3) is 7.77. The third-order valence-electron chi connectivity index (χ3n) is 7.59. The Morgan fingerprint density at radius 2 is 1.61 bits per heavy atom. The summed E-state index contributed by atoms with van der Waals surface area (Å²) in [5, 5.41) is 17.9. The van der Waals surface area contributed by atoms with Crippen LogP contribution in [0.2, 0.25) is 0 Å². The van der Waals surface area contributed by atoms with E-state index in [0.717, 1.165) is 6.07 Å². The summed E-state index contributed by atoms with van der Waals surface area (Å²) < 4.78 is 36.1. The number of aromatic nitrogens is 2. The molecule has 234 valence electrons. The fraction of sp³-hybridized carbons (Fsp3) is 0.387. The van der Waals surface area contributed by atoms with Crippen molar-refractivity contribution in [3.05, 3.63) is 83.7 Å². The van der Waals surface area contributed by atoms with Crippen LogP contribution >= 0.6 is 0 Å². The van der Waals surface area contributed by atoms with Crippen LogP contribution in [0.15, 0.2) is 60.9 Å². The number of nitrogens with zero attached hydrogens (tertiary/aromatic N) is 3. The first-order valence-electron chi connectivity index (χ1n) is 14.2. The lowest BCUT2D eigenvalue weighted by atomic mass is 9.77. The molecule has 11 nitrogen and oxygen atoms in total. The zero-order chi connectivity index (χ0) is 31.9. The zero-order valence-corrected chi connectivity index (χ0v) is 24.8. The molecule has 0 radical (unpaired) electrons. The largest absolute Gasteiger partial charge is 0.481 e. The van der Waals surface area contributed by atoms with Crippen LogP contribution in [0.3, 0.4) is 0 Å². The number of anilines is 2. The van der Waals surface area contributed by atoms with Gasteiger partial charge in [-0.05, 0) is 36.6 Å². The molecule has 0 spiro atoms. The summed E-state index contributed by atoms with van der Waals surface area (Å²) in [7, 11) is 0. The fourth-order valence-corrected chi connectivity index (χ4v) is 4.96. The van der Waals surface area contributed by atoms with Crippen molar-refractivity contribution in [3.63, 3.8) is 0 Å². The van der Waals surface area contributed by atoms with E-state index in [2.05, 4.69) is 25.9 Å². The topological polar surface area (TPSA) is 146 Å². The summed E-state index contributed by atoms with van der Waals surface area (Å²) in [4.78, 5) is 48.1. The number of piperidine rings is 1. The fourth-order valence-electron chi connectivity index (χ4n) is 4.96. The second-order valence-corrected chi connectivity index (χ2v) is 11.6. The van der Waals surface area contributed by atoms with Gasteiger partial charge in [0.25, 0.3) is 5.91 Å². The molecule has 0 aliphatic carbocycles. The van der Waals surface area contributed by atoms with Gasteiger partial charge in [-0.3, -0.25) is 14.9 Å². The van der Waals surface area contributed by atoms with E-state index in [1.165, 1.54) is 6.07 Å². The van der Waals surface area contributed by atoms with Gasteiger partial charge in [-0.25, -0.2) is 23.5 Å². The summed E-state index contributed by atoms with van der Waals surface area (Å²) in [5.41, 5.74) is -2.98. The number of amides is 2. The van der Waals surface area contributed by atoms with Crippen molar-refractivity contribution in [2.75, 3.05) is 23.3 Å². The summed E-state index contributed by atoms with van der Waals surface area (Å²) in [5.74, 6) is -4.54. The Morgan fingerprint density at radius 3 is 2.23 bits per heavy atom. The number of hydrogen-bond acceptors (Lipinski definition) is 8. The predicted molar refractivity (Wildman–Crippen MR) is 159 cm³/mol. The first-order valence-corrected chi connectivity index (χ1v) is 14.2. The number of rotatable bonds is 10. The lowest BCUT2D eigenvalue weighted by molar-refractivity contribution is -0.140. The molecule has 2 aromatic carbocycles. The van der Waals surface area contributed by atoms with E-state index in [9.17, 15) is 19.5 Å². The first-order chi connectivity index (χ1) is 20.9. The first kappa shape index (κ1) is 32.1. The molecule has 1 aromatic heterocycles. The second-order valence-electron chi connectivity index (χ2n) is 11.6. The molecule has 4 rings (SSSR count). The number of ether oxygens (including phenoxy) is 1. The highest BCUT2D eigenvalue weighted by Gasteiger charge is 2.47. The van der Waals surface area contributed by atoms with Crippen molar-refractivity contribution < 1.29 is 33.0 Å². The van der Waals surface area contributed by atoms with Crippen molar-refractivity contribution in [2.24, 2.45) is 5.41 Å². The Hall–Kier alpha value is -4.81. The Labute approximate surface area is 254 Å². The number of halogens is 2. The lowest BCUT2D eigenvalue weighted by Crippen LogP contribution is -2.68. The normalized spacial score (nSPS) is 15.2. The highest BCUT2D eigenvalue weighted by atomic mass is 19.2. The molecule has 0 bridgehead atoms. The molecule has 1 atom stereocenters. The highest BCUT2D eigenvalue weighted by molar-refractivity contribution is 5.96. The number of carboxylic acids is 1. The molecule has 0 saturated carbocycles. The molecule has 1 aliphatic rings. The molecule has 1 saturated heterocycles. The van der Waals surface area contributed by atoms with E-state index in [0.29, 0.717) is 37.4 Å². The molecule has 2 heterocycles. The van der Waals surface area contributed by atoms with Gasteiger partial charge < -0.3 is 25.4 Å². The molecule has 3 aromatic rings. The molecule has 2 amide bonds. The molecule has 1 fully saturated rings. The summed E-state index contributed by atoms with van der Waals surface area (Å²) >= 11 is 0. The Kier molecular flexibility index (Phi) is 9.97. The van der Waals surface area contributed by atoms with Crippen molar-refractivity contribution in [1.29, 1.82) is 0 Å². The van der Waals surface area contributed by atoms with Crippen LogP contribution in [-0.4, -0.2) is 57.8 Å². The number of carbonyl (C=O) groups is 3. The number of carbonyl (C=O) groups excluding carboxylic acids is 2. The van der Waals surface area contributed by atoms with Crippen LogP contribution < -0.4 is 20.9 Å². The van der Waals surface area contributed by atoms with E-state index in [1.807, 2.05) is 0 Å². The number of nitrogens with one attached hydrogen (secondary N) is 3. The molecule has 1 aliphatic heterocycles. The van der Waals surface area contributed by atoms with Gasteiger partial charge in [-0.1, -0.05) is 51.1 Å².